The SMILES string of the molecule is O=C(CC1CC2CCC(C1)N2)NCC(=O)Nc1ccc(F)cc1. The number of piperidine rings is 1. The molecule has 3 N–H and O–H groups in total. The van der Waals surface area contributed by atoms with Gasteiger partial charge in [-0.2, -0.15) is 0 Å². The van der Waals surface area contributed by atoms with Crippen molar-refractivity contribution in [2.75, 3.05) is 11.9 Å². The zero-order valence-electron chi connectivity index (χ0n) is 13.0. The molecule has 2 heterocycles. The minimum atomic E-state index is -0.354. The third kappa shape index (κ3) is 4.51. The summed E-state index contributed by atoms with van der Waals surface area (Å²) in [5.41, 5.74) is 0.514. The minimum Gasteiger partial charge on any atom is -0.347 e. The molecule has 2 aliphatic heterocycles. The molecule has 5 nitrogen and oxygen atoms in total. The second kappa shape index (κ2) is 7.08. The largest absolute Gasteiger partial charge is 0.347 e. The summed E-state index contributed by atoms with van der Waals surface area (Å²) < 4.78 is 12.8. The molecule has 0 aromatic heterocycles. The number of amides is 2. The number of hydrogen-bond acceptors (Lipinski definition) is 3. The second-order valence-electron chi connectivity index (χ2n) is 6.51. The van der Waals surface area contributed by atoms with Gasteiger partial charge in [0.1, 0.15) is 5.82 Å². The van der Waals surface area contributed by atoms with E-state index in [2.05, 4.69) is 16.0 Å². The topological polar surface area (TPSA) is 70.2 Å². The molecule has 2 unspecified atom stereocenters. The minimum absolute atomic E-state index is 0.0615. The molecule has 2 saturated heterocycles. The van der Waals surface area contributed by atoms with E-state index in [0.717, 1.165) is 12.8 Å². The first-order valence-corrected chi connectivity index (χ1v) is 8.16. The van der Waals surface area contributed by atoms with Crippen LogP contribution >= 0.6 is 0 Å². The van der Waals surface area contributed by atoms with Gasteiger partial charge in [0.15, 0.2) is 0 Å². The van der Waals surface area contributed by atoms with Crippen LogP contribution in [0.15, 0.2) is 24.3 Å². The second-order valence-corrected chi connectivity index (χ2v) is 6.51. The Morgan fingerprint density at radius 1 is 1.09 bits per heavy atom. The highest BCUT2D eigenvalue weighted by Crippen LogP contribution is 2.32. The van der Waals surface area contributed by atoms with Gasteiger partial charge in [0.25, 0.3) is 0 Å². The number of rotatable bonds is 5. The zero-order chi connectivity index (χ0) is 16.2. The van der Waals surface area contributed by atoms with E-state index in [-0.39, 0.29) is 24.2 Å². The van der Waals surface area contributed by atoms with Crippen molar-refractivity contribution >= 4 is 17.5 Å². The van der Waals surface area contributed by atoms with Crippen LogP contribution in [0.4, 0.5) is 10.1 Å². The van der Waals surface area contributed by atoms with Gasteiger partial charge in [0.2, 0.25) is 11.8 Å². The zero-order valence-corrected chi connectivity index (χ0v) is 13.0. The molecule has 2 amide bonds. The summed E-state index contributed by atoms with van der Waals surface area (Å²) in [6.07, 6.45) is 5.00. The first kappa shape index (κ1) is 15.9. The maximum absolute atomic E-state index is 12.8. The van der Waals surface area contributed by atoms with Gasteiger partial charge in [-0.05, 0) is 55.9 Å². The van der Waals surface area contributed by atoms with Gasteiger partial charge >= 0.3 is 0 Å². The quantitative estimate of drug-likeness (QED) is 0.775. The van der Waals surface area contributed by atoms with Crippen molar-refractivity contribution in [2.24, 2.45) is 5.92 Å². The molecule has 1 aromatic carbocycles. The summed E-state index contributed by atoms with van der Waals surface area (Å²) in [6, 6.07) is 6.65. The van der Waals surface area contributed by atoms with Gasteiger partial charge in [0.05, 0.1) is 6.54 Å². The molecule has 0 saturated carbocycles. The third-order valence-electron chi connectivity index (χ3n) is 4.62. The van der Waals surface area contributed by atoms with Crippen molar-refractivity contribution in [3.8, 4) is 0 Å². The van der Waals surface area contributed by atoms with Crippen molar-refractivity contribution < 1.29 is 14.0 Å². The number of carbonyl (C=O) groups excluding carboxylic acids is 2. The summed E-state index contributed by atoms with van der Waals surface area (Å²) >= 11 is 0. The fourth-order valence-electron chi connectivity index (χ4n) is 3.59. The Kier molecular flexibility index (Phi) is 4.91. The molecule has 2 aliphatic rings. The van der Waals surface area contributed by atoms with Crippen LogP contribution in [-0.4, -0.2) is 30.4 Å². The molecule has 6 heteroatoms. The molecular weight excluding hydrogens is 297 g/mol. The van der Waals surface area contributed by atoms with Gasteiger partial charge in [-0.25, -0.2) is 4.39 Å². The van der Waals surface area contributed by atoms with Crippen LogP contribution in [0, 0.1) is 11.7 Å². The average molecular weight is 319 g/mol. The van der Waals surface area contributed by atoms with Gasteiger partial charge in [-0.1, -0.05) is 0 Å². The summed E-state index contributed by atoms with van der Waals surface area (Å²) in [4.78, 5) is 23.8. The number of halogens is 1. The standard InChI is InChI=1S/C17H22FN3O2/c18-12-1-3-13(4-2-12)21-17(23)10-19-16(22)9-11-7-14-5-6-15(8-11)20-14/h1-4,11,14-15,20H,5-10H2,(H,19,22)(H,21,23). The van der Waals surface area contributed by atoms with E-state index in [0.29, 0.717) is 30.1 Å². The van der Waals surface area contributed by atoms with Crippen LogP contribution in [0.2, 0.25) is 0 Å². The lowest BCUT2D eigenvalue weighted by Gasteiger charge is -2.28. The predicted octanol–water partition coefficient (Wildman–Crippen LogP) is 1.80. The van der Waals surface area contributed by atoms with Gasteiger partial charge in [0, 0.05) is 24.2 Å². The van der Waals surface area contributed by atoms with Gasteiger partial charge in [-0.3, -0.25) is 9.59 Å². The molecular formula is C17H22FN3O2. The summed E-state index contributed by atoms with van der Waals surface area (Å²) in [5.74, 6) is -0.331. The monoisotopic (exact) mass is 319 g/mol. The van der Waals surface area contributed by atoms with Crippen molar-refractivity contribution in [3.05, 3.63) is 30.1 Å². The van der Waals surface area contributed by atoms with Crippen molar-refractivity contribution in [1.82, 2.24) is 10.6 Å². The lowest BCUT2D eigenvalue weighted by molar-refractivity contribution is -0.125. The third-order valence-corrected chi connectivity index (χ3v) is 4.62. The maximum atomic E-state index is 12.8. The van der Waals surface area contributed by atoms with Crippen LogP contribution < -0.4 is 16.0 Å². The lowest BCUT2D eigenvalue weighted by Crippen LogP contribution is -2.40. The molecule has 2 fully saturated rings. The van der Waals surface area contributed by atoms with Crippen molar-refractivity contribution in [3.63, 3.8) is 0 Å². The fraction of sp³-hybridized carbons (Fsp3) is 0.529. The molecule has 0 aliphatic carbocycles. The Balaban J connectivity index is 1.38. The highest BCUT2D eigenvalue weighted by molar-refractivity contribution is 5.94. The maximum Gasteiger partial charge on any atom is 0.243 e. The number of benzene rings is 1. The van der Waals surface area contributed by atoms with E-state index in [1.54, 1.807) is 0 Å². The van der Waals surface area contributed by atoms with Crippen molar-refractivity contribution in [1.29, 1.82) is 0 Å². The van der Waals surface area contributed by atoms with E-state index < -0.39 is 0 Å². The number of fused-ring (bicyclic) bond motifs is 2. The normalized spacial score (nSPS) is 25.9. The fourth-order valence-corrected chi connectivity index (χ4v) is 3.59. The van der Waals surface area contributed by atoms with E-state index in [9.17, 15) is 14.0 Å². The van der Waals surface area contributed by atoms with E-state index in [4.69, 9.17) is 0 Å². The molecule has 124 valence electrons. The highest BCUT2D eigenvalue weighted by Gasteiger charge is 2.34. The van der Waals surface area contributed by atoms with Crippen LogP contribution in [0.3, 0.4) is 0 Å². The Hall–Kier alpha value is -1.95. The summed E-state index contributed by atoms with van der Waals surface area (Å²) in [6.45, 7) is -0.0615. The number of anilines is 1. The number of hydrogen-bond donors (Lipinski definition) is 3. The van der Waals surface area contributed by atoms with Gasteiger partial charge in [-0.15, -0.1) is 0 Å². The molecule has 1 aromatic rings. The van der Waals surface area contributed by atoms with Crippen LogP contribution in [0.1, 0.15) is 32.1 Å². The highest BCUT2D eigenvalue weighted by atomic mass is 19.1. The Labute approximate surface area is 135 Å². The summed E-state index contributed by atoms with van der Waals surface area (Å²) in [7, 11) is 0. The molecule has 23 heavy (non-hydrogen) atoms. The van der Waals surface area contributed by atoms with E-state index >= 15 is 0 Å². The first-order chi connectivity index (χ1) is 11.1. The van der Waals surface area contributed by atoms with Gasteiger partial charge < -0.3 is 16.0 Å². The number of nitrogens with one attached hydrogen (secondary N) is 3. The average Bonchev–Trinajstić information content (AvgIpc) is 2.86. The van der Waals surface area contributed by atoms with Crippen LogP contribution in [0.5, 0.6) is 0 Å². The molecule has 0 spiro atoms. The van der Waals surface area contributed by atoms with E-state index in [1.807, 2.05) is 0 Å². The van der Waals surface area contributed by atoms with Crippen LogP contribution in [0.25, 0.3) is 0 Å². The molecule has 0 radical (unpaired) electrons. The van der Waals surface area contributed by atoms with E-state index in [1.165, 1.54) is 37.1 Å². The Morgan fingerprint density at radius 2 is 1.74 bits per heavy atom. The molecule has 3 rings (SSSR count). The molecule has 2 bridgehead atoms. The van der Waals surface area contributed by atoms with Crippen molar-refractivity contribution in [2.45, 2.75) is 44.2 Å². The smallest absolute Gasteiger partial charge is 0.243 e. The first-order valence-electron chi connectivity index (χ1n) is 8.16. The van der Waals surface area contributed by atoms with Crippen LogP contribution in [-0.2, 0) is 9.59 Å². The lowest BCUT2D eigenvalue weighted by atomic mass is 9.89. The molecule has 2 atom stereocenters. The predicted molar refractivity (Wildman–Crippen MR) is 85.3 cm³/mol. The Morgan fingerprint density at radius 3 is 2.39 bits per heavy atom. The summed E-state index contributed by atoms with van der Waals surface area (Å²) in [5, 5.41) is 8.84. The Bertz CT molecular complexity index is 564. The number of carbonyl (C=O) groups is 2.